The molecular formula is C28H24N2O2. The van der Waals surface area contributed by atoms with Crippen molar-refractivity contribution in [1.29, 1.82) is 0 Å². The summed E-state index contributed by atoms with van der Waals surface area (Å²) in [6, 6.07) is 37.6. The van der Waals surface area contributed by atoms with Gasteiger partial charge in [0.15, 0.2) is 0 Å². The Kier molecular flexibility index (Phi) is 6.98. The third kappa shape index (κ3) is 5.06. The molecule has 4 aromatic rings. The predicted molar refractivity (Wildman–Crippen MR) is 129 cm³/mol. The Bertz CT molecular complexity index is 1080. The maximum absolute atomic E-state index is 11.1. The van der Waals surface area contributed by atoms with Crippen LogP contribution in [-0.2, 0) is 0 Å². The summed E-state index contributed by atoms with van der Waals surface area (Å²) in [5, 5.41) is 31.2. The van der Waals surface area contributed by atoms with Gasteiger partial charge in [0, 0.05) is 11.1 Å². The Balaban J connectivity index is 1.82. The monoisotopic (exact) mass is 420 g/mol. The topological polar surface area (TPSA) is 65.2 Å². The number of hydrogen-bond donors (Lipinski definition) is 2. The second-order valence-electron chi connectivity index (χ2n) is 7.33. The fourth-order valence-corrected chi connectivity index (χ4v) is 3.45. The van der Waals surface area contributed by atoms with Crippen molar-refractivity contribution in [3.63, 3.8) is 0 Å². The molecule has 0 aliphatic heterocycles. The lowest BCUT2D eigenvalue weighted by Crippen LogP contribution is -2.16. The molecule has 0 bridgehead atoms. The Hall–Kier alpha value is -3.86. The van der Waals surface area contributed by atoms with Crippen LogP contribution >= 0.6 is 0 Å². The van der Waals surface area contributed by atoms with Gasteiger partial charge in [-0.1, -0.05) is 121 Å². The van der Waals surface area contributed by atoms with E-state index in [9.17, 15) is 10.2 Å². The molecule has 0 heterocycles. The molecule has 0 fully saturated rings. The highest BCUT2D eigenvalue weighted by molar-refractivity contribution is 6.07. The van der Waals surface area contributed by atoms with Crippen LogP contribution in [0.3, 0.4) is 0 Å². The van der Waals surface area contributed by atoms with Crippen LogP contribution in [0.25, 0.3) is 0 Å². The molecule has 0 aromatic heterocycles. The van der Waals surface area contributed by atoms with E-state index in [1.807, 2.05) is 121 Å². The fourth-order valence-electron chi connectivity index (χ4n) is 3.45. The third-order valence-corrected chi connectivity index (χ3v) is 5.15. The minimum Gasteiger partial charge on any atom is -0.382 e. The van der Waals surface area contributed by atoms with Crippen LogP contribution in [0.15, 0.2) is 132 Å². The zero-order valence-corrected chi connectivity index (χ0v) is 17.5. The standard InChI is InChI=1S/C28H24N2O2/c31-27(23-17-9-3-10-18-23)25(21-13-5-1-6-14-21)29-30-26(22-15-7-2-8-16-22)28(32)24-19-11-4-12-20-24/h1-20,27-28,31-32H/b29-25+,30-26+. The Morgan fingerprint density at radius 3 is 1.03 bits per heavy atom. The molecule has 0 aliphatic rings. The largest absolute Gasteiger partial charge is 0.382 e. The van der Waals surface area contributed by atoms with E-state index in [1.54, 1.807) is 0 Å². The van der Waals surface area contributed by atoms with Crippen LogP contribution in [0.5, 0.6) is 0 Å². The number of aliphatic hydroxyl groups is 2. The molecule has 0 radical (unpaired) electrons. The van der Waals surface area contributed by atoms with E-state index in [4.69, 9.17) is 0 Å². The highest BCUT2D eigenvalue weighted by atomic mass is 16.3. The number of rotatable bonds is 7. The zero-order valence-electron chi connectivity index (χ0n) is 17.5. The lowest BCUT2D eigenvalue weighted by Gasteiger charge is -2.16. The van der Waals surface area contributed by atoms with E-state index < -0.39 is 12.2 Å². The predicted octanol–water partition coefficient (Wildman–Crippen LogP) is 5.35. The van der Waals surface area contributed by atoms with Crippen LogP contribution < -0.4 is 0 Å². The van der Waals surface area contributed by atoms with Gasteiger partial charge in [-0.05, 0) is 11.1 Å². The first-order valence-electron chi connectivity index (χ1n) is 10.5. The van der Waals surface area contributed by atoms with Crippen molar-refractivity contribution in [1.82, 2.24) is 0 Å². The van der Waals surface area contributed by atoms with E-state index in [1.165, 1.54) is 0 Å². The molecule has 2 N–H and O–H groups in total. The number of aliphatic hydroxyl groups excluding tert-OH is 2. The van der Waals surface area contributed by atoms with Gasteiger partial charge < -0.3 is 10.2 Å². The highest BCUT2D eigenvalue weighted by Crippen LogP contribution is 2.22. The van der Waals surface area contributed by atoms with Crippen LogP contribution in [0.1, 0.15) is 34.5 Å². The van der Waals surface area contributed by atoms with Gasteiger partial charge in [-0.15, -0.1) is 0 Å². The Morgan fingerprint density at radius 2 is 0.719 bits per heavy atom. The minimum atomic E-state index is -0.965. The molecular weight excluding hydrogens is 396 g/mol. The third-order valence-electron chi connectivity index (χ3n) is 5.15. The van der Waals surface area contributed by atoms with Crippen molar-refractivity contribution in [2.45, 2.75) is 12.2 Å². The summed E-state index contributed by atoms with van der Waals surface area (Å²) < 4.78 is 0. The second-order valence-corrected chi connectivity index (χ2v) is 7.33. The van der Waals surface area contributed by atoms with E-state index in [0.29, 0.717) is 11.4 Å². The molecule has 0 amide bonds. The molecule has 0 spiro atoms. The molecule has 0 saturated heterocycles. The molecule has 32 heavy (non-hydrogen) atoms. The summed E-state index contributed by atoms with van der Waals surface area (Å²) in [4.78, 5) is 0. The van der Waals surface area contributed by atoms with Crippen molar-refractivity contribution in [3.8, 4) is 0 Å². The Morgan fingerprint density at radius 1 is 0.438 bits per heavy atom. The lowest BCUT2D eigenvalue weighted by atomic mass is 9.99. The van der Waals surface area contributed by atoms with Gasteiger partial charge in [-0.3, -0.25) is 0 Å². The number of nitrogens with zero attached hydrogens (tertiary/aromatic N) is 2. The number of benzene rings is 4. The molecule has 4 rings (SSSR count). The zero-order chi connectivity index (χ0) is 22.2. The molecule has 0 aliphatic carbocycles. The van der Waals surface area contributed by atoms with Crippen LogP contribution in [0.4, 0.5) is 0 Å². The van der Waals surface area contributed by atoms with Crippen molar-refractivity contribution >= 4 is 11.4 Å². The van der Waals surface area contributed by atoms with E-state index >= 15 is 0 Å². The molecule has 2 atom stereocenters. The van der Waals surface area contributed by atoms with Gasteiger partial charge >= 0.3 is 0 Å². The SMILES string of the molecule is OC(/C(=N/N=C(\c1ccccc1)C(O)c1ccccc1)c1ccccc1)c1ccccc1. The maximum Gasteiger partial charge on any atom is 0.123 e. The lowest BCUT2D eigenvalue weighted by molar-refractivity contribution is 0.245. The van der Waals surface area contributed by atoms with Crippen molar-refractivity contribution in [2.24, 2.45) is 10.2 Å². The van der Waals surface area contributed by atoms with Gasteiger partial charge in [0.2, 0.25) is 0 Å². The molecule has 2 unspecified atom stereocenters. The number of hydrogen-bond acceptors (Lipinski definition) is 4. The molecule has 0 saturated carbocycles. The first kappa shape index (κ1) is 21.4. The van der Waals surface area contributed by atoms with E-state index in [-0.39, 0.29) is 0 Å². The fraction of sp³-hybridized carbons (Fsp3) is 0.0714. The summed E-state index contributed by atoms with van der Waals surface area (Å²) in [5.74, 6) is 0. The quantitative estimate of drug-likeness (QED) is 0.313. The summed E-state index contributed by atoms with van der Waals surface area (Å²) in [7, 11) is 0. The van der Waals surface area contributed by atoms with E-state index in [0.717, 1.165) is 22.3 Å². The van der Waals surface area contributed by atoms with Gasteiger partial charge in [0.1, 0.15) is 23.6 Å². The molecule has 158 valence electrons. The van der Waals surface area contributed by atoms with Crippen LogP contribution in [0, 0.1) is 0 Å². The normalized spacial score (nSPS) is 14.1. The minimum absolute atomic E-state index is 0.408. The van der Waals surface area contributed by atoms with E-state index in [2.05, 4.69) is 10.2 Å². The molecule has 4 heteroatoms. The van der Waals surface area contributed by atoms with Crippen molar-refractivity contribution in [2.75, 3.05) is 0 Å². The first-order chi connectivity index (χ1) is 15.7. The average Bonchev–Trinajstić information content (AvgIpc) is 2.88. The molecule has 4 aromatic carbocycles. The van der Waals surface area contributed by atoms with Gasteiger partial charge in [0.05, 0.1) is 0 Å². The van der Waals surface area contributed by atoms with Gasteiger partial charge in [-0.25, -0.2) is 0 Å². The molecule has 4 nitrogen and oxygen atoms in total. The van der Waals surface area contributed by atoms with Crippen LogP contribution in [0.2, 0.25) is 0 Å². The van der Waals surface area contributed by atoms with Gasteiger partial charge in [0.25, 0.3) is 0 Å². The van der Waals surface area contributed by atoms with Gasteiger partial charge in [-0.2, -0.15) is 10.2 Å². The smallest absolute Gasteiger partial charge is 0.123 e. The highest BCUT2D eigenvalue weighted by Gasteiger charge is 2.20. The average molecular weight is 421 g/mol. The first-order valence-corrected chi connectivity index (χ1v) is 10.5. The van der Waals surface area contributed by atoms with Crippen molar-refractivity contribution < 1.29 is 10.2 Å². The van der Waals surface area contributed by atoms with Crippen LogP contribution in [-0.4, -0.2) is 21.6 Å². The summed E-state index contributed by atoms with van der Waals surface area (Å²) >= 11 is 0. The second kappa shape index (κ2) is 10.4. The Labute approximate surface area is 187 Å². The maximum atomic E-state index is 11.1. The summed E-state index contributed by atoms with van der Waals surface area (Å²) in [6.07, 6.45) is -1.93. The van der Waals surface area contributed by atoms with Crippen molar-refractivity contribution in [3.05, 3.63) is 144 Å². The summed E-state index contributed by atoms with van der Waals surface area (Å²) in [5.41, 5.74) is 3.77. The summed E-state index contributed by atoms with van der Waals surface area (Å²) in [6.45, 7) is 0.